The van der Waals surface area contributed by atoms with Crippen molar-refractivity contribution in [2.24, 2.45) is 11.3 Å². The molecule has 0 spiro atoms. The molecular weight excluding hydrogens is 495 g/mol. The molecule has 1 aliphatic carbocycles. The number of hydrogen-bond acceptors (Lipinski definition) is 4. The molecule has 3 atom stereocenters. The average Bonchev–Trinajstić information content (AvgIpc) is 3.71. The van der Waals surface area contributed by atoms with Gasteiger partial charge >= 0.3 is 0 Å². The number of amides is 1. The first kappa shape index (κ1) is 26.0. The normalized spacial score (nSPS) is 27.4. The molecule has 2 aromatic carbocycles. The minimum absolute atomic E-state index is 0.00000285. The third-order valence-electron chi connectivity index (χ3n) is 8.28. The lowest BCUT2D eigenvalue weighted by Crippen LogP contribution is -2.55. The number of rotatable bonds is 9. The summed E-state index contributed by atoms with van der Waals surface area (Å²) in [5, 5.41) is 11.6. The Morgan fingerprint density at radius 1 is 0.972 bits per heavy atom. The maximum absolute atomic E-state index is 14.5. The van der Waals surface area contributed by atoms with Crippen molar-refractivity contribution in [3.63, 3.8) is 0 Å². The molecule has 36 heavy (non-hydrogen) atoms. The number of carbonyl (C=O) groups is 1. The van der Waals surface area contributed by atoms with Crippen LogP contribution in [0.2, 0.25) is 10.0 Å². The standard InChI is InChI=1S/C29H36Cl2N2O3/c30-24-8-6-22(7-9-24)27-26(23-2-1-3-25(31)18-23)19-29(11-15-34,10-12-32-13-16-36-17-14-32)28(35)33(27)20-21-4-5-21/h1-3,6-9,18,21,26-27,34H,4-5,10-17,19-20H2/t26?,27-,29?/m1/s1. The van der Waals surface area contributed by atoms with Gasteiger partial charge in [0.05, 0.1) is 24.7 Å². The molecule has 2 heterocycles. The van der Waals surface area contributed by atoms with E-state index in [-0.39, 0.29) is 24.5 Å². The van der Waals surface area contributed by atoms with Crippen molar-refractivity contribution in [1.82, 2.24) is 9.80 Å². The van der Waals surface area contributed by atoms with Gasteiger partial charge in [0.2, 0.25) is 5.91 Å². The summed E-state index contributed by atoms with van der Waals surface area (Å²) in [5.41, 5.74) is 1.63. The fourth-order valence-electron chi connectivity index (χ4n) is 6.11. The highest BCUT2D eigenvalue weighted by Gasteiger charge is 2.52. The number of morpholine rings is 1. The molecule has 3 fully saturated rings. The second-order valence-electron chi connectivity index (χ2n) is 10.7. The van der Waals surface area contributed by atoms with E-state index in [1.165, 1.54) is 12.8 Å². The fraction of sp³-hybridized carbons (Fsp3) is 0.552. The second kappa shape index (κ2) is 11.4. The molecule has 0 aromatic heterocycles. The zero-order chi connectivity index (χ0) is 25.1. The molecule has 1 N–H and O–H groups in total. The number of hydrogen-bond donors (Lipinski definition) is 1. The van der Waals surface area contributed by atoms with Crippen LogP contribution in [-0.2, 0) is 9.53 Å². The molecule has 1 amide bonds. The first-order chi connectivity index (χ1) is 17.5. The van der Waals surface area contributed by atoms with Gasteiger partial charge in [-0.2, -0.15) is 0 Å². The summed E-state index contributed by atoms with van der Waals surface area (Å²) in [6, 6.07) is 15.9. The van der Waals surface area contributed by atoms with E-state index in [4.69, 9.17) is 27.9 Å². The zero-order valence-electron chi connectivity index (χ0n) is 20.8. The molecule has 1 saturated carbocycles. The molecule has 2 saturated heterocycles. The molecule has 7 heteroatoms. The number of carbonyl (C=O) groups excluding carboxylic acids is 1. The number of likely N-dealkylation sites (tertiary alicyclic amines) is 1. The minimum atomic E-state index is -0.613. The molecule has 5 rings (SSSR count). The molecule has 2 aliphatic heterocycles. The van der Waals surface area contributed by atoms with Crippen LogP contribution in [0, 0.1) is 11.3 Å². The fourth-order valence-corrected chi connectivity index (χ4v) is 6.43. The first-order valence-corrected chi connectivity index (χ1v) is 14.0. The van der Waals surface area contributed by atoms with Gasteiger partial charge in [0, 0.05) is 42.2 Å². The van der Waals surface area contributed by atoms with Gasteiger partial charge in [-0.3, -0.25) is 9.69 Å². The molecule has 194 valence electrons. The van der Waals surface area contributed by atoms with Crippen LogP contribution in [-0.4, -0.2) is 66.8 Å². The van der Waals surface area contributed by atoms with Crippen molar-refractivity contribution < 1.29 is 14.6 Å². The van der Waals surface area contributed by atoms with Crippen LogP contribution in [0.1, 0.15) is 55.2 Å². The largest absolute Gasteiger partial charge is 0.396 e. The summed E-state index contributed by atoms with van der Waals surface area (Å²) < 4.78 is 5.53. The molecule has 0 bridgehead atoms. The molecular formula is C29H36Cl2N2O3. The summed E-state index contributed by atoms with van der Waals surface area (Å²) in [4.78, 5) is 19.0. The van der Waals surface area contributed by atoms with E-state index >= 15 is 0 Å². The Labute approximate surface area is 224 Å². The Balaban J connectivity index is 1.55. The molecule has 0 radical (unpaired) electrons. The molecule has 3 aliphatic rings. The van der Waals surface area contributed by atoms with Crippen LogP contribution < -0.4 is 0 Å². The maximum Gasteiger partial charge on any atom is 0.229 e. The smallest absolute Gasteiger partial charge is 0.229 e. The molecule has 2 aromatic rings. The van der Waals surface area contributed by atoms with Gasteiger partial charge in [0.25, 0.3) is 0 Å². The third-order valence-corrected chi connectivity index (χ3v) is 8.77. The summed E-state index contributed by atoms with van der Waals surface area (Å²) in [6.07, 6.45) is 4.23. The number of halogens is 2. The Kier molecular flexibility index (Phi) is 8.24. The Bertz CT molecular complexity index is 1040. The summed E-state index contributed by atoms with van der Waals surface area (Å²) >= 11 is 12.7. The summed E-state index contributed by atoms with van der Waals surface area (Å²) in [5.74, 6) is 0.806. The number of benzene rings is 2. The predicted molar refractivity (Wildman–Crippen MR) is 143 cm³/mol. The second-order valence-corrected chi connectivity index (χ2v) is 11.6. The van der Waals surface area contributed by atoms with Gasteiger partial charge in [-0.05, 0) is 80.0 Å². The molecule has 5 nitrogen and oxygen atoms in total. The lowest BCUT2D eigenvalue weighted by Gasteiger charge is -2.51. The number of aliphatic hydroxyl groups is 1. The highest BCUT2D eigenvalue weighted by atomic mass is 35.5. The van der Waals surface area contributed by atoms with Gasteiger partial charge in [0.1, 0.15) is 0 Å². The average molecular weight is 532 g/mol. The highest BCUT2D eigenvalue weighted by Crippen LogP contribution is 2.53. The lowest BCUT2D eigenvalue weighted by molar-refractivity contribution is -0.155. The topological polar surface area (TPSA) is 53.0 Å². The predicted octanol–water partition coefficient (Wildman–Crippen LogP) is 5.55. The van der Waals surface area contributed by atoms with E-state index in [1.807, 2.05) is 30.3 Å². The van der Waals surface area contributed by atoms with E-state index < -0.39 is 5.41 Å². The summed E-state index contributed by atoms with van der Waals surface area (Å²) in [7, 11) is 0. The number of piperidine rings is 1. The quantitative estimate of drug-likeness (QED) is 0.461. The monoisotopic (exact) mass is 530 g/mol. The van der Waals surface area contributed by atoms with Crippen LogP contribution >= 0.6 is 23.2 Å². The third kappa shape index (κ3) is 5.76. The Hall–Kier alpha value is -1.63. The SMILES string of the molecule is O=C1N(CC2CC2)[C@H](c2ccc(Cl)cc2)C(c2cccc(Cl)c2)CC1(CCO)CCN1CCOCC1. The van der Waals surface area contributed by atoms with Gasteiger partial charge in [-0.25, -0.2) is 0 Å². The van der Waals surface area contributed by atoms with E-state index in [9.17, 15) is 9.90 Å². The van der Waals surface area contributed by atoms with Crippen LogP contribution in [0.5, 0.6) is 0 Å². The van der Waals surface area contributed by atoms with E-state index in [1.54, 1.807) is 0 Å². The van der Waals surface area contributed by atoms with Gasteiger partial charge in [-0.1, -0.05) is 47.5 Å². The highest BCUT2D eigenvalue weighted by molar-refractivity contribution is 6.30. The van der Waals surface area contributed by atoms with E-state index in [0.29, 0.717) is 28.8 Å². The maximum atomic E-state index is 14.5. The number of ether oxygens (including phenoxy) is 1. The van der Waals surface area contributed by atoms with Crippen LogP contribution in [0.25, 0.3) is 0 Å². The number of aliphatic hydroxyl groups excluding tert-OH is 1. The van der Waals surface area contributed by atoms with Crippen LogP contribution in [0.4, 0.5) is 0 Å². The summed E-state index contributed by atoms with van der Waals surface area (Å²) in [6.45, 7) is 4.84. The van der Waals surface area contributed by atoms with Crippen molar-refractivity contribution in [2.75, 3.05) is 46.0 Å². The van der Waals surface area contributed by atoms with E-state index in [2.05, 4.69) is 28.0 Å². The Morgan fingerprint density at radius 2 is 1.72 bits per heavy atom. The van der Waals surface area contributed by atoms with Crippen LogP contribution in [0.3, 0.4) is 0 Å². The zero-order valence-corrected chi connectivity index (χ0v) is 22.3. The van der Waals surface area contributed by atoms with Crippen molar-refractivity contribution in [2.45, 2.75) is 44.1 Å². The lowest BCUT2D eigenvalue weighted by atomic mass is 9.65. The van der Waals surface area contributed by atoms with Crippen molar-refractivity contribution in [3.05, 3.63) is 69.7 Å². The minimum Gasteiger partial charge on any atom is -0.396 e. The van der Waals surface area contributed by atoms with Gasteiger partial charge < -0.3 is 14.7 Å². The molecule has 2 unspecified atom stereocenters. The van der Waals surface area contributed by atoms with Crippen molar-refractivity contribution >= 4 is 29.1 Å². The van der Waals surface area contributed by atoms with E-state index in [0.717, 1.165) is 56.9 Å². The van der Waals surface area contributed by atoms with Gasteiger partial charge in [0.15, 0.2) is 0 Å². The number of nitrogens with zero attached hydrogens (tertiary/aromatic N) is 2. The first-order valence-electron chi connectivity index (χ1n) is 13.2. The van der Waals surface area contributed by atoms with Crippen molar-refractivity contribution in [1.29, 1.82) is 0 Å². The van der Waals surface area contributed by atoms with Crippen molar-refractivity contribution in [3.8, 4) is 0 Å². The van der Waals surface area contributed by atoms with Gasteiger partial charge in [-0.15, -0.1) is 0 Å². The van der Waals surface area contributed by atoms with Crippen LogP contribution in [0.15, 0.2) is 48.5 Å². The Morgan fingerprint density at radius 3 is 2.39 bits per heavy atom.